The van der Waals surface area contributed by atoms with E-state index in [2.05, 4.69) is 105 Å². The molecule has 658 valence electrons. The Morgan fingerprint density at radius 2 is 0.726 bits per heavy atom. The fraction of sp³-hybridized carbons (Fsp3) is 0.270. The van der Waals surface area contributed by atoms with Crippen LogP contribution in [0.25, 0.3) is 45.0 Å². The number of halogens is 9. The summed E-state index contributed by atoms with van der Waals surface area (Å²) in [6.45, 7) is 20.9. The molecular formula is C89H97Cl5F4N14O10S2. The molecule has 8 aromatic heterocycles. The highest BCUT2D eigenvalue weighted by Crippen LogP contribution is 2.39. The summed E-state index contributed by atoms with van der Waals surface area (Å²) in [5, 5.41) is 45.5. The molecule has 0 saturated heterocycles. The second-order valence-electron chi connectivity index (χ2n) is 29.1. The minimum Gasteiger partial charge on any atom is -0.465 e. The lowest BCUT2D eigenvalue weighted by Crippen LogP contribution is -2.24. The van der Waals surface area contributed by atoms with Gasteiger partial charge in [-0.05, 0) is 181 Å². The van der Waals surface area contributed by atoms with Gasteiger partial charge in [-0.15, -0.1) is 0 Å². The number of benzene rings is 4. The molecule has 4 aromatic carbocycles. The van der Waals surface area contributed by atoms with Gasteiger partial charge in [-0.2, -0.15) is 8.42 Å². The summed E-state index contributed by atoms with van der Waals surface area (Å²) in [6.07, 6.45) is 20.9. The van der Waals surface area contributed by atoms with Crippen LogP contribution in [0.15, 0.2) is 196 Å². The minimum atomic E-state index is -3.60. The van der Waals surface area contributed by atoms with Crippen molar-refractivity contribution in [2.75, 3.05) is 54.0 Å². The highest BCUT2D eigenvalue weighted by atomic mass is 35.7. The summed E-state index contributed by atoms with van der Waals surface area (Å²) in [5.74, 6) is -1.39. The second kappa shape index (κ2) is 48.2. The number of nitrogens with two attached hydrogens (primary N) is 1. The highest BCUT2D eigenvalue weighted by Gasteiger charge is 2.22. The lowest BCUT2D eigenvalue weighted by atomic mass is 10.0. The first-order chi connectivity index (χ1) is 58.6. The lowest BCUT2D eigenvalue weighted by molar-refractivity contribution is 0.0601. The van der Waals surface area contributed by atoms with E-state index in [0.717, 1.165) is 63.1 Å². The molecule has 124 heavy (non-hydrogen) atoms. The van der Waals surface area contributed by atoms with Crippen LogP contribution < -0.4 is 32.3 Å². The van der Waals surface area contributed by atoms with E-state index in [1.807, 2.05) is 39.8 Å². The van der Waals surface area contributed by atoms with Crippen LogP contribution in [0.2, 0.25) is 20.1 Å². The summed E-state index contributed by atoms with van der Waals surface area (Å²) < 4.78 is 109. The minimum absolute atomic E-state index is 0.131. The number of ether oxygens (including phenoxy) is 1. The predicted octanol–water partition coefficient (Wildman–Crippen LogP) is 20.9. The molecule has 12 aromatic rings. The van der Waals surface area contributed by atoms with Crippen molar-refractivity contribution in [3.05, 3.63) is 284 Å². The van der Waals surface area contributed by atoms with Gasteiger partial charge in [0, 0.05) is 204 Å². The molecule has 35 heteroatoms. The number of rotatable bonds is 26. The van der Waals surface area contributed by atoms with Gasteiger partial charge in [-0.25, -0.2) is 30.8 Å². The monoisotopic (exact) mass is 1840 g/mol. The first kappa shape index (κ1) is 101. The molecule has 10 N–H and O–H groups in total. The van der Waals surface area contributed by atoms with Crippen molar-refractivity contribution in [2.45, 2.75) is 125 Å². The van der Waals surface area contributed by atoms with Crippen LogP contribution in [0, 0.1) is 23.3 Å². The number of esters is 1. The van der Waals surface area contributed by atoms with E-state index in [0.29, 0.717) is 119 Å². The van der Waals surface area contributed by atoms with Crippen LogP contribution in [0.3, 0.4) is 0 Å². The van der Waals surface area contributed by atoms with Crippen molar-refractivity contribution in [1.29, 1.82) is 0 Å². The molecule has 0 radical (unpaired) electrons. The van der Waals surface area contributed by atoms with Crippen LogP contribution in [0.5, 0.6) is 0 Å². The maximum Gasteiger partial charge on any atom is 0.341 e. The van der Waals surface area contributed by atoms with E-state index >= 15 is 0 Å². The number of carbonyl (C=O) groups excluding carboxylic acids is 1. The van der Waals surface area contributed by atoms with Crippen molar-refractivity contribution < 1.29 is 63.4 Å². The van der Waals surface area contributed by atoms with E-state index in [1.165, 1.54) is 80.2 Å². The lowest BCUT2D eigenvalue weighted by Gasteiger charge is -2.18. The molecule has 0 amide bonds. The molecule has 0 aliphatic carbocycles. The zero-order valence-corrected chi connectivity index (χ0v) is 75.5. The van der Waals surface area contributed by atoms with Gasteiger partial charge in [-0.1, -0.05) is 102 Å². The average molecular weight is 1840 g/mol. The van der Waals surface area contributed by atoms with Gasteiger partial charge < -0.3 is 52.4 Å². The van der Waals surface area contributed by atoms with Gasteiger partial charge in [0.25, 0.3) is 10.1 Å². The Morgan fingerprint density at radius 1 is 0.435 bits per heavy atom. The van der Waals surface area contributed by atoms with Crippen molar-refractivity contribution in [3.8, 4) is 45.0 Å². The Balaban J connectivity index is 0.000000219. The van der Waals surface area contributed by atoms with Gasteiger partial charge in [0.1, 0.15) is 28.8 Å². The quantitative estimate of drug-likeness (QED) is 0.0105. The predicted molar refractivity (Wildman–Crippen MR) is 487 cm³/mol. The zero-order valence-electron chi connectivity index (χ0n) is 70.0. The molecule has 0 fully saturated rings. The third-order valence-corrected chi connectivity index (χ3v) is 19.2. The number of anilines is 8. The standard InChI is InChI=1S/C23H26ClFN4O.C21H21ClFN3O3S.C21H19ClFN3O2.C20H19ClFN3O.C3H9NO.CH3ClO2S/c1-14(2)19-13-28-22(18-8-17(24)4-5-20(18)25)9-23(19)29-21-6-7-26-11-16(21)12-27-10-15(3)30;1-13(2)17-11-25-20(16-8-15(22)4-5-18(16)23)9-21(17)26-19-6-7-24-10-14(19)12-29-30(3,27)28;1-12(2)15-11-25-19(14-8-13(22)4-5-17(14)23)9-20(15)26-18-6-7-24-10-16(18)21(27)28-3;1-12(2)16-10-24-19(15-7-14(21)3-4-17(15)22)8-20(16)25-18-5-6-23-9-13(18)11-26;1-3(5)2-4;1-5(2,3)4/h4-9,11,13-15,27,30H,10,12H2,1-3H3,(H,26,28,29);4-11,13H,12H2,1-3H3,(H,24,25,26);4-12H,1-3H3,(H,24,25,26);3-10,12,26H,11H2,1-2H3,(H,23,24,25);3,5H,2,4H2,1H3;1H3/t15-;;;;3-;/m0...0./s1. The van der Waals surface area contributed by atoms with E-state index in [4.69, 9.17) is 66.2 Å². The molecule has 8 heterocycles. The summed E-state index contributed by atoms with van der Waals surface area (Å²) in [5.41, 5.74) is 20.2. The maximum atomic E-state index is 14.4. The Morgan fingerprint density at radius 3 is 1.02 bits per heavy atom. The van der Waals surface area contributed by atoms with Crippen LogP contribution in [0.4, 0.5) is 63.1 Å². The largest absolute Gasteiger partial charge is 0.465 e. The van der Waals surface area contributed by atoms with Crippen molar-refractivity contribution in [3.63, 3.8) is 0 Å². The summed E-state index contributed by atoms with van der Waals surface area (Å²) >= 11 is 24.1. The number of aliphatic hydroxyl groups is 3. The fourth-order valence-corrected chi connectivity index (χ4v) is 12.5. The smallest absolute Gasteiger partial charge is 0.341 e. The third-order valence-electron chi connectivity index (χ3n) is 17.8. The first-order valence-electron chi connectivity index (χ1n) is 38.5. The number of hydrogen-bond donors (Lipinski definition) is 9. The maximum absolute atomic E-state index is 14.4. The normalized spacial score (nSPS) is 11.6. The van der Waals surface area contributed by atoms with Gasteiger partial charge in [0.05, 0.1) is 73.5 Å². The molecule has 0 saturated carbocycles. The Labute approximate surface area is 744 Å². The van der Waals surface area contributed by atoms with E-state index in [-0.39, 0.29) is 60.2 Å². The average Bonchev–Trinajstić information content (AvgIpc) is 0.814. The first-order valence-corrected chi connectivity index (χ1v) is 44.5. The molecule has 2 atom stereocenters. The molecule has 0 bridgehead atoms. The molecule has 0 aliphatic rings. The third kappa shape index (κ3) is 31.7. The summed E-state index contributed by atoms with van der Waals surface area (Å²) in [7, 11) is -0.986. The van der Waals surface area contributed by atoms with E-state index in [9.17, 15) is 49.4 Å². The molecular weight excluding hydrogens is 1740 g/mol. The fourth-order valence-electron chi connectivity index (χ4n) is 11.5. The second-order valence-corrected chi connectivity index (χ2v) is 35.6. The number of hydrogen-bond acceptors (Lipinski definition) is 24. The van der Waals surface area contributed by atoms with Gasteiger partial charge in [-0.3, -0.25) is 44.1 Å². The zero-order chi connectivity index (χ0) is 91.3. The molecule has 0 aliphatic heterocycles. The van der Waals surface area contributed by atoms with Crippen LogP contribution >= 0.6 is 57.1 Å². The SMILES string of the molecule is CC(C)c1cnc(-c2cc(Cl)ccc2F)cc1Nc1ccncc1CNC[C@H](C)O.CC(C)c1cnc(-c2cc(Cl)ccc2F)cc1Nc1ccncc1CO.CC(C)c1cnc(-c2cc(Cl)ccc2F)cc1Nc1ccncc1COS(C)(=O)=O.COC(=O)c1cnccc1Nc1cc(-c2cc(Cl)ccc2F)ncc1C(C)C.CS(=O)(=O)Cl.C[C@H](O)CN. The van der Waals surface area contributed by atoms with Gasteiger partial charge in [0.2, 0.25) is 9.05 Å². The molecule has 12 rings (SSSR count). The van der Waals surface area contributed by atoms with Crippen molar-refractivity contribution >= 4 is 128 Å². The number of pyridine rings is 8. The highest BCUT2D eigenvalue weighted by molar-refractivity contribution is 8.13. The van der Waals surface area contributed by atoms with E-state index in [1.54, 1.807) is 124 Å². The van der Waals surface area contributed by atoms with Crippen LogP contribution in [-0.2, 0) is 47.8 Å². The number of aliphatic hydroxyl groups excluding tert-OH is 3. The molecule has 0 unspecified atom stereocenters. The number of nitrogens with zero attached hydrogens (tertiary/aromatic N) is 8. The Hall–Kier alpha value is -10.4. The van der Waals surface area contributed by atoms with Gasteiger partial charge in [0.15, 0.2) is 0 Å². The van der Waals surface area contributed by atoms with Crippen LogP contribution in [0.1, 0.15) is 142 Å². The molecule has 24 nitrogen and oxygen atoms in total. The van der Waals surface area contributed by atoms with Crippen molar-refractivity contribution in [1.82, 2.24) is 45.2 Å². The Bertz CT molecular complexity index is 5830. The molecule has 0 spiro atoms. The van der Waals surface area contributed by atoms with Crippen LogP contribution in [-0.4, -0.2) is 123 Å². The Kier molecular flexibility index (Phi) is 39.1. The summed E-state index contributed by atoms with van der Waals surface area (Å²) in [4.78, 5) is 46.0. The summed E-state index contributed by atoms with van der Waals surface area (Å²) in [6, 6.07) is 31.7. The number of aromatic nitrogens is 8. The number of carbonyl (C=O) groups is 1. The number of nitrogens with one attached hydrogen (secondary N) is 5. The topological polar surface area (TPSA) is 354 Å². The van der Waals surface area contributed by atoms with Crippen molar-refractivity contribution in [2.24, 2.45) is 5.73 Å². The number of methoxy groups -OCH3 is 1. The van der Waals surface area contributed by atoms with E-state index < -0.39 is 42.9 Å². The van der Waals surface area contributed by atoms with Gasteiger partial charge >= 0.3 is 5.97 Å².